The van der Waals surface area contributed by atoms with Crippen molar-refractivity contribution in [3.63, 3.8) is 0 Å². The zero-order chi connectivity index (χ0) is 11.7. The van der Waals surface area contributed by atoms with Gasteiger partial charge in [-0.3, -0.25) is 0 Å². The van der Waals surface area contributed by atoms with Crippen LogP contribution in [0, 0.1) is 16.4 Å². The van der Waals surface area contributed by atoms with Gasteiger partial charge in [0.1, 0.15) is 5.82 Å². The summed E-state index contributed by atoms with van der Waals surface area (Å²) in [7, 11) is 1.28. The molecule has 1 heterocycles. The summed E-state index contributed by atoms with van der Waals surface area (Å²) in [5, 5.41) is 0. The van der Waals surface area contributed by atoms with Crippen LogP contribution in [-0.2, 0) is 0 Å². The molecule has 2 N–H and O–H groups in total. The van der Waals surface area contributed by atoms with Crippen molar-refractivity contribution in [1.82, 2.24) is 9.97 Å². The summed E-state index contributed by atoms with van der Waals surface area (Å²) in [5.74, 6) is -1.33. The molecule has 0 aliphatic rings. The van der Waals surface area contributed by atoms with Gasteiger partial charge in [-0.25, -0.2) is 8.78 Å². The fraction of sp³-hybridized carbons (Fsp3) is 0.100. The maximum atomic E-state index is 13.6. The van der Waals surface area contributed by atoms with Gasteiger partial charge in [-0.2, -0.15) is 0 Å². The van der Waals surface area contributed by atoms with E-state index in [-0.39, 0.29) is 11.3 Å². The fourth-order valence-corrected chi connectivity index (χ4v) is 1.54. The summed E-state index contributed by atoms with van der Waals surface area (Å²) in [6.45, 7) is 0. The second kappa shape index (κ2) is 4.05. The van der Waals surface area contributed by atoms with E-state index in [1.807, 2.05) is 0 Å². The third kappa shape index (κ3) is 1.83. The summed E-state index contributed by atoms with van der Waals surface area (Å²) in [4.78, 5) is 5.39. The molecule has 0 fully saturated rings. The van der Waals surface area contributed by atoms with E-state index in [4.69, 9.17) is 12.2 Å². The zero-order valence-corrected chi connectivity index (χ0v) is 9.12. The van der Waals surface area contributed by atoms with Crippen LogP contribution >= 0.6 is 12.2 Å². The molecular weight excluding hydrogens is 234 g/mol. The first-order valence-electron chi connectivity index (χ1n) is 4.43. The standard InChI is InChI=1S/C10H8F2N2OS/c1-15-9-3-6(11)5(2-7(9)12)8-4-13-10(16)14-8/h2-4H,1H3,(H2,13,14,16). The second-order valence-corrected chi connectivity index (χ2v) is 3.53. The molecule has 0 unspecified atom stereocenters. The average molecular weight is 242 g/mol. The van der Waals surface area contributed by atoms with Crippen molar-refractivity contribution in [2.45, 2.75) is 0 Å². The summed E-state index contributed by atoms with van der Waals surface area (Å²) < 4.78 is 32.0. The van der Waals surface area contributed by atoms with Crippen LogP contribution < -0.4 is 4.74 Å². The van der Waals surface area contributed by atoms with Crippen LogP contribution in [0.15, 0.2) is 18.3 Å². The van der Waals surface area contributed by atoms with Gasteiger partial charge >= 0.3 is 0 Å². The van der Waals surface area contributed by atoms with E-state index in [1.54, 1.807) is 0 Å². The highest BCUT2D eigenvalue weighted by Gasteiger charge is 2.12. The highest BCUT2D eigenvalue weighted by Crippen LogP contribution is 2.27. The fourth-order valence-electron chi connectivity index (χ4n) is 1.37. The van der Waals surface area contributed by atoms with Crippen LogP contribution in [0.1, 0.15) is 0 Å². The number of methoxy groups -OCH3 is 1. The lowest BCUT2D eigenvalue weighted by Gasteiger charge is -2.05. The predicted octanol–water partition coefficient (Wildman–Crippen LogP) is 3.03. The van der Waals surface area contributed by atoms with Crippen molar-refractivity contribution in [2.24, 2.45) is 0 Å². The molecule has 2 aromatic rings. The molecule has 0 spiro atoms. The topological polar surface area (TPSA) is 40.8 Å². The van der Waals surface area contributed by atoms with Gasteiger partial charge < -0.3 is 14.7 Å². The molecule has 0 atom stereocenters. The molecule has 84 valence electrons. The molecular formula is C10H8F2N2OS. The molecule has 0 bridgehead atoms. The normalized spacial score (nSPS) is 10.4. The van der Waals surface area contributed by atoms with Crippen LogP contribution in [0.5, 0.6) is 5.75 Å². The number of nitrogens with one attached hydrogen (secondary N) is 2. The lowest BCUT2D eigenvalue weighted by Crippen LogP contribution is -1.92. The Balaban J connectivity index is 2.58. The van der Waals surface area contributed by atoms with E-state index >= 15 is 0 Å². The molecule has 0 aliphatic carbocycles. The highest BCUT2D eigenvalue weighted by molar-refractivity contribution is 7.71. The lowest BCUT2D eigenvalue weighted by atomic mass is 10.1. The molecule has 6 heteroatoms. The van der Waals surface area contributed by atoms with Crippen molar-refractivity contribution in [1.29, 1.82) is 0 Å². The van der Waals surface area contributed by atoms with Crippen molar-refractivity contribution in [2.75, 3.05) is 7.11 Å². The molecule has 0 saturated heterocycles. The summed E-state index contributed by atoms with van der Waals surface area (Å²) >= 11 is 4.81. The monoisotopic (exact) mass is 242 g/mol. The first-order chi connectivity index (χ1) is 7.61. The maximum Gasteiger partial charge on any atom is 0.174 e. The van der Waals surface area contributed by atoms with Crippen LogP contribution in [-0.4, -0.2) is 17.1 Å². The number of ether oxygens (including phenoxy) is 1. The minimum Gasteiger partial charge on any atom is -0.494 e. The van der Waals surface area contributed by atoms with Crippen molar-refractivity contribution < 1.29 is 13.5 Å². The first kappa shape index (κ1) is 10.8. The number of aromatic nitrogens is 2. The van der Waals surface area contributed by atoms with E-state index in [1.165, 1.54) is 13.3 Å². The van der Waals surface area contributed by atoms with E-state index in [0.717, 1.165) is 12.1 Å². The van der Waals surface area contributed by atoms with Gasteiger partial charge in [0.15, 0.2) is 16.3 Å². The first-order valence-corrected chi connectivity index (χ1v) is 4.83. The Morgan fingerprint density at radius 2 is 2.00 bits per heavy atom. The molecule has 2 rings (SSSR count). The molecule has 0 radical (unpaired) electrons. The van der Waals surface area contributed by atoms with Gasteiger partial charge in [0.05, 0.1) is 12.8 Å². The van der Waals surface area contributed by atoms with Crippen LogP contribution in [0.4, 0.5) is 8.78 Å². The third-order valence-corrected chi connectivity index (χ3v) is 2.35. The molecule has 1 aromatic heterocycles. The highest BCUT2D eigenvalue weighted by atomic mass is 32.1. The molecule has 0 aliphatic heterocycles. The lowest BCUT2D eigenvalue weighted by molar-refractivity contribution is 0.383. The molecule has 16 heavy (non-hydrogen) atoms. The van der Waals surface area contributed by atoms with E-state index < -0.39 is 11.6 Å². The Labute approximate surface area is 95.1 Å². The Bertz CT molecular complexity index is 576. The van der Waals surface area contributed by atoms with Crippen molar-refractivity contribution in [3.8, 4) is 17.0 Å². The number of halogens is 2. The molecule has 0 saturated carbocycles. The third-order valence-electron chi connectivity index (χ3n) is 2.13. The number of benzene rings is 1. The molecule has 1 aromatic carbocycles. The number of aromatic amines is 2. The second-order valence-electron chi connectivity index (χ2n) is 3.12. The number of H-pyrrole nitrogens is 2. The molecule has 0 amide bonds. The van der Waals surface area contributed by atoms with E-state index in [2.05, 4.69) is 14.7 Å². The largest absolute Gasteiger partial charge is 0.494 e. The Hall–Kier alpha value is -1.69. The summed E-state index contributed by atoms with van der Waals surface area (Å²) in [6, 6.07) is 2.05. The summed E-state index contributed by atoms with van der Waals surface area (Å²) in [6.07, 6.45) is 1.48. The van der Waals surface area contributed by atoms with E-state index in [9.17, 15) is 8.78 Å². The number of imidazole rings is 1. The van der Waals surface area contributed by atoms with Gasteiger partial charge in [0.2, 0.25) is 0 Å². The predicted molar refractivity (Wildman–Crippen MR) is 57.9 cm³/mol. The van der Waals surface area contributed by atoms with Crippen LogP contribution in [0.3, 0.4) is 0 Å². The van der Waals surface area contributed by atoms with Gasteiger partial charge in [-0.1, -0.05) is 0 Å². The van der Waals surface area contributed by atoms with E-state index in [0.29, 0.717) is 10.5 Å². The Morgan fingerprint density at radius 3 is 2.56 bits per heavy atom. The smallest absolute Gasteiger partial charge is 0.174 e. The maximum absolute atomic E-state index is 13.6. The minimum atomic E-state index is -0.626. The number of hydrogen-bond donors (Lipinski definition) is 2. The summed E-state index contributed by atoms with van der Waals surface area (Å²) in [5.41, 5.74) is 0.495. The van der Waals surface area contributed by atoms with Crippen molar-refractivity contribution >= 4 is 12.2 Å². The van der Waals surface area contributed by atoms with Gasteiger partial charge in [0.25, 0.3) is 0 Å². The molecule has 3 nitrogen and oxygen atoms in total. The SMILES string of the molecule is COc1cc(F)c(-c2c[nH]c(=S)[nH]2)cc1F. The number of hydrogen-bond acceptors (Lipinski definition) is 2. The van der Waals surface area contributed by atoms with Crippen molar-refractivity contribution in [3.05, 3.63) is 34.7 Å². The van der Waals surface area contributed by atoms with Gasteiger partial charge in [-0.15, -0.1) is 0 Å². The quantitative estimate of drug-likeness (QED) is 0.795. The van der Waals surface area contributed by atoms with Gasteiger partial charge in [-0.05, 0) is 18.3 Å². The van der Waals surface area contributed by atoms with Crippen LogP contribution in [0.25, 0.3) is 11.3 Å². The number of rotatable bonds is 2. The average Bonchev–Trinajstić information content (AvgIpc) is 2.67. The minimum absolute atomic E-state index is 0.102. The van der Waals surface area contributed by atoms with Gasteiger partial charge in [0, 0.05) is 17.8 Å². The van der Waals surface area contributed by atoms with Crippen LogP contribution in [0.2, 0.25) is 0 Å². The Morgan fingerprint density at radius 1 is 1.25 bits per heavy atom. The Kier molecular flexibility index (Phi) is 2.74. The zero-order valence-electron chi connectivity index (χ0n) is 8.30.